The molecule has 2 N–H and O–H groups in total. The number of halogens is 1. The number of hydrogen-bond acceptors (Lipinski definition) is 1. The fraction of sp³-hybridized carbons (Fsp3) is 0.250. The summed E-state index contributed by atoms with van der Waals surface area (Å²) in [5.74, 6) is 0. The normalized spacial score (nSPS) is 13.5. The molecule has 0 heterocycles. The van der Waals surface area contributed by atoms with Crippen molar-refractivity contribution in [3.63, 3.8) is 0 Å². The molecule has 0 radical (unpaired) electrons. The van der Waals surface area contributed by atoms with E-state index < -0.39 is 0 Å². The Morgan fingerprint density at radius 2 is 1.90 bits per heavy atom. The van der Waals surface area contributed by atoms with Crippen LogP contribution in [0.2, 0.25) is 0 Å². The Balaban J connectivity index is 4.16. The Bertz CT molecular complexity index is 185. The lowest BCUT2D eigenvalue weighted by Gasteiger charge is -1.92. The molecule has 0 aliphatic carbocycles. The Morgan fingerprint density at radius 3 is 2.20 bits per heavy atom. The quantitative estimate of drug-likeness (QED) is 0.613. The average Bonchev–Trinajstić information content (AvgIpc) is 1.82. The SMILES string of the molecule is C=C(N)/C=C\C(C)=C(/C)Cl. The highest BCUT2D eigenvalue weighted by Crippen LogP contribution is 2.08. The second-order valence-corrected chi connectivity index (χ2v) is 2.69. The highest BCUT2D eigenvalue weighted by Gasteiger charge is 1.85. The maximum Gasteiger partial charge on any atom is 0.0241 e. The minimum atomic E-state index is 0.539. The maximum atomic E-state index is 5.67. The molecular weight excluding hydrogens is 146 g/mol. The van der Waals surface area contributed by atoms with Gasteiger partial charge in [-0.1, -0.05) is 24.3 Å². The van der Waals surface area contributed by atoms with E-state index >= 15 is 0 Å². The van der Waals surface area contributed by atoms with E-state index in [1.54, 1.807) is 6.08 Å². The molecule has 0 bridgehead atoms. The molecule has 0 aliphatic rings. The molecular formula is C8H12ClN. The second-order valence-electron chi connectivity index (χ2n) is 2.12. The van der Waals surface area contributed by atoms with Gasteiger partial charge < -0.3 is 5.73 Å². The van der Waals surface area contributed by atoms with Gasteiger partial charge in [-0.3, -0.25) is 0 Å². The number of nitrogens with two attached hydrogens (primary N) is 1. The molecule has 0 fully saturated rings. The first-order chi connectivity index (χ1) is 4.54. The van der Waals surface area contributed by atoms with E-state index in [-0.39, 0.29) is 0 Å². The molecule has 0 amide bonds. The topological polar surface area (TPSA) is 26.0 Å². The van der Waals surface area contributed by atoms with Gasteiger partial charge in [0.05, 0.1) is 0 Å². The third kappa shape index (κ3) is 4.21. The van der Waals surface area contributed by atoms with Gasteiger partial charge in [0.2, 0.25) is 0 Å². The molecule has 0 aromatic heterocycles. The van der Waals surface area contributed by atoms with E-state index in [0.29, 0.717) is 5.70 Å². The molecule has 0 saturated heterocycles. The molecule has 1 nitrogen and oxygen atoms in total. The lowest BCUT2D eigenvalue weighted by molar-refractivity contribution is 1.40. The number of allylic oxidation sites excluding steroid dienone is 4. The zero-order valence-electron chi connectivity index (χ0n) is 6.32. The Morgan fingerprint density at radius 1 is 1.40 bits per heavy atom. The monoisotopic (exact) mass is 157 g/mol. The Hall–Kier alpha value is -0.690. The predicted octanol–water partition coefficient (Wildman–Crippen LogP) is 2.55. The lowest BCUT2D eigenvalue weighted by Crippen LogP contribution is -1.88. The van der Waals surface area contributed by atoms with Gasteiger partial charge in [-0.05, 0) is 25.5 Å². The molecule has 0 unspecified atom stereocenters. The molecule has 0 aromatic carbocycles. The van der Waals surface area contributed by atoms with Crippen LogP contribution >= 0.6 is 11.6 Å². The fourth-order valence-electron chi connectivity index (χ4n) is 0.347. The standard InChI is InChI=1S/C8H12ClN/c1-6(8(3)9)4-5-7(2)10/h4-5H,2,10H2,1,3H3/b5-4-,8-6+. The van der Waals surface area contributed by atoms with E-state index in [1.807, 2.05) is 19.9 Å². The fourth-order valence-corrected chi connectivity index (χ4v) is 0.410. The van der Waals surface area contributed by atoms with Crippen LogP contribution in [0.4, 0.5) is 0 Å². The van der Waals surface area contributed by atoms with E-state index in [1.165, 1.54) is 0 Å². The van der Waals surface area contributed by atoms with Crippen molar-refractivity contribution in [1.82, 2.24) is 0 Å². The minimum Gasteiger partial charge on any atom is -0.399 e. The van der Waals surface area contributed by atoms with Crippen LogP contribution in [0.25, 0.3) is 0 Å². The summed E-state index contributed by atoms with van der Waals surface area (Å²) < 4.78 is 0. The third-order valence-corrected chi connectivity index (χ3v) is 1.39. The van der Waals surface area contributed by atoms with Crippen molar-refractivity contribution >= 4 is 11.6 Å². The van der Waals surface area contributed by atoms with Gasteiger partial charge >= 0.3 is 0 Å². The van der Waals surface area contributed by atoms with Gasteiger partial charge in [0.15, 0.2) is 0 Å². The number of hydrogen-bond donors (Lipinski definition) is 1. The molecule has 0 rings (SSSR count). The minimum absolute atomic E-state index is 0.539. The van der Waals surface area contributed by atoms with Crippen LogP contribution in [0.3, 0.4) is 0 Å². The summed E-state index contributed by atoms with van der Waals surface area (Å²) in [5.41, 5.74) is 6.84. The highest BCUT2D eigenvalue weighted by atomic mass is 35.5. The van der Waals surface area contributed by atoms with Crippen LogP contribution in [-0.4, -0.2) is 0 Å². The van der Waals surface area contributed by atoms with Crippen LogP contribution < -0.4 is 5.73 Å². The average molecular weight is 158 g/mol. The first-order valence-corrected chi connectivity index (χ1v) is 3.37. The summed E-state index contributed by atoms with van der Waals surface area (Å²) in [6.07, 6.45) is 3.56. The molecule has 0 saturated carbocycles. The van der Waals surface area contributed by atoms with E-state index in [9.17, 15) is 0 Å². The molecule has 0 aromatic rings. The van der Waals surface area contributed by atoms with Crippen molar-refractivity contribution in [1.29, 1.82) is 0 Å². The van der Waals surface area contributed by atoms with Gasteiger partial charge in [-0.2, -0.15) is 0 Å². The van der Waals surface area contributed by atoms with Crippen LogP contribution in [0, 0.1) is 0 Å². The Kier molecular flexibility index (Phi) is 3.89. The van der Waals surface area contributed by atoms with E-state index in [0.717, 1.165) is 10.6 Å². The molecule has 0 aliphatic heterocycles. The highest BCUT2D eigenvalue weighted by molar-refractivity contribution is 6.29. The second kappa shape index (κ2) is 4.18. The molecule has 0 spiro atoms. The van der Waals surface area contributed by atoms with Crippen molar-refractivity contribution in [2.75, 3.05) is 0 Å². The summed E-state index contributed by atoms with van der Waals surface area (Å²) >= 11 is 5.67. The van der Waals surface area contributed by atoms with E-state index in [2.05, 4.69) is 6.58 Å². The zero-order valence-corrected chi connectivity index (χ0v) is 7.07. The van der Waals surface area contributed by atoms with Crippen molar-refractivity contribution in [3.05, 3.63) is 35.0 Å². The van der Waals surface area contributed by atoms with Crippen molar-refractivity contribution in [2.24, 2.45) is 5.73 Å². The van der Waals surface area contributed by atoms with Crippen molar-refractivity contribution < 1.29 is 0 Å². The molecule has 56 valence electrons. The van der Waals surface area contributed by atoms with Crippen LogP contribution in [-0.2, 0) is 0 Å². The summed E-state index contributed by atoms with van der Waals surface area (Å²) in [4.78, 5) is 0. The van der Waals surface area contributed by atoms with Crippen LogP contribution in [0.15, 0.2) is 35.0 Å². The third-order valence-electron chi connectivity index (χ3n) is 1.09. The van der Waals surface area contributed by atoms with E-state index in [4.69, 9.17) is 17.3 Å². The van der Waals surface area contributed by atoms with Gasteiger partial charge in [0, 0.05) is 10.7 Å². The summed E-state index contributed by atoms with van der Waals surface area (Å²) in [6, 6.07) is 0. The first-order valence-electron chi connectivity index (χ1n) is 2.99. The predicted molar refractivity (Wildman–Crippen MR) is 46.7 cm³/mol. The first kappa shape index (κ1) is 9.31. The smallest absolute Gasteiger partial charge is 0.0241 e. The number of rotatable bonds is 2. The van der Waals surface area contributed by atoms with Crippen molar-refractivity contribution in [2.45, 2.75) is 13.8 Å². The lowest BCUT2D eigenvalue weighted by atomic mass is 10.2. The summed E-state index contributed by atoms with van der Waals surface area (Å²) in [6.45, 7) is 7.26. The van der Waals surface area contributed by atoms with Crippen molar-refractivity contribution in [3.8, 4) is 0 Å². The molecule has 10 heavy (non-hydrogen) atoms. The van der Waals surface area contributed by atoms with Gasteiger partial charge in [0.1, 0.15) is 0 Å². The zero-order chi connectivity index (χ0) is 8.15. The largest absolute Gasteiger partial charge is 0.399 e. The summed E-state index contributed by atoms with van der Waals surface area (Å²) in [7, 11) is 0. The molecule has 2 heteroatoms. The maximum absolute atomic E-state index is 5.67. The van der Waals surface area contributed by atoms with Crippen LogP contribution in [0.1, 0.15) is 13.8 Å². The molecule has 0 atom stereocenters. The van der Waals surface area contributed by atoms with Gasteiger partial charge in [0.25, 0.3) is 0 Å². The summed E-state index contributed by atoms with van der Waals surface area (Å²) in [5, 5.41) is 0.775. The van der Waals surface area contributed by atoms with Gasteiger partial charge in [-0.25, -0.2) is 0 Å². The van der Waals surface area contributed by atoms with Crippen LogP contribution in [0.5, 0.6) is 0 Å². The Labute approximate surface area is 66.9 Å². The van der Waals surface area contributed by atoms with Gasteiger partial charge in [-0.15, -0.1) is 0 Å².